The summed E-state index contributed by atoms with van der Waals surface area (Å²) in [6, 6.07) is 0. The molecule has 34 heavy (non-hydrogen) atoms. The molecule has 0 bridgehead atoms. The van der Waals surface area contributed by atoms with Gasteiger partial charge in [-0.3, -0.25) is 9.59 Å². The van der Waals surface area contributed by atoms with Gasteiger partial charge in [0.15, 0.2) is 5.92 Å². The van der Waals surface area contributed by atoms with Crippen LogP contribution >= 0.6 is 0 Å². The topological polar surface area (TPSA) is 74.6 Å². The average molecular weight is 473 g/mol. The number of carboxylic acids is 2. The van der Waals surface area contributed by atoms with Crippen molar-refractivity contribution in [2.75, 3.05) is 0 Å². The zero-order valence-electron chi connectivity index (χ0n) is 22.2. The van der Waals surface area contributed by atoms with E-state index in [0.29, 0.717) is 17.8 Å². The summed E-state index contributed by atoms with van der Waals surface area (Å²) in [4.78, 5) is 23.3. The van der Waals surface area contributed by atoms with Crippen molar-refractivity contribution >= 4 is 11.9 Å². The molecule has 0 aliphatic heterocycles. The third kappa shape index (κ3) is 4.37. The number of rotatable bonds is 8. The van der Waals surface area contributed by atoms with Crippen LogP contribution in [0.15, 0.2) is 11.6 Å². The van der Waals surface area contributed by atoms with Crippen LogP contribution in [0.1, 0.15) is 105 Å². The van der Waals surface area contributed by atoms with Crippen molar-refractivity contribution in [3.05, 3.63) is 11.6 Å². The normalized spacial score (nSPS) is 40.3. The van der Waals surface area contributed by atoms with E-state index in [0.717, 1.165) is 48.9 Å². The number of hydrogen-bond acceptors (Lipinski definition) is 2. The SMILES string of the molecule is CC(C)CCC[C@@H](C)[C@H]1CCC2C3CC=C4CC(C(C(=O)O)C(=O)O)CC[C@]4(C)C3CC[C@@]21C. The van der Waals surface area contributed by atoms with Gasteiger partial charge in [-0.05, 0) is 104 Å². The van der Waals surface area contributed by atoms with Gasteiger partial charge >= 0.3 is 11.9 Å². The summed E-state index contributed by atoms with van der Waals surface area (Å²) in [5, 5.41) is 19.1. The molecule has 0 heterocycles. The standard InChI is InChI=1S/C30H48O4/c1-18(2)7-6-8-19(3)23-11-12-24-22-10-9-21-17-20(26(27(31)32)28(33)34)13-15-29(21,4)25(22)14-16-30(23,24)5/h9,18-20,22-26H,6-8,10-17H2,1-5H3,(H,31,32)(H,33,34)/t19-,20?,22?,23-,24?,25?,29+,30-/m1/s1. The molecule has 0 aromatic carbocycles. The number of allylic oxidation sites excluding steroid dienone is 2. The lowest BCUT2D eigenvalue weighted by molar-refractivity contribution is -0.158. The Morgan fingerprint density at radius 2 is 1.68 bits per heavy atom. The molecule has 4 aliphatic rings. The Hall–Kier alpha value is -1.32. The van der Waals surface area contributed by atoms with Gasteiger partial charge in [0, 0.05) is 0 Å². The molecule has 4 nitrogen and oxygen atoms in total. The highest BCUT2D eigenvalue weighted by atomic mass is 16.4. The highest BCUT2D eigenvalue weighted by Gasteiger charge is 2.59. The van der Waals surface area contributed by atoms with Gasteiger partial charge in [0.05, 0.1) is 0 Å². The van der Waals surface area contributed by atoms with Crippen LogP contribution < -0.4 is 0 Å². The lowest BCUT2D eigenvalue weighted by atomic mass is 9.46. The molecule has 4 heteroatoms. The molecule has 0 saturated heterocycles. The zero-order chi connectivity index (χ0) is 24.8. The molecule has 0 radical (unpaired) electrons. The van der Waals surface area contributed by atoms with Crippen molar-refractivity contribution < 1.29 is 19.8 Å². The molecule has 4 rings (SSSR count). The number of carboxylic acid groups (broad SMARTS) is 2. The van der Waals surface area contributed by atoms with E-state index in [-0.39, 0.29) is 11.3 Å². The van der Waals surface area contributed by atoms with E-state index in [1.165, 1.54) is 50.5 Å². The lowest BCUT2D eigenvalue weighted by Gasteiger charge is -2.58. The highest BCUT2D eigenvalue weighted by molar-refractivity contribution is 5.93. The summed E-state index contributed by atoms with van der Waals surface area (Å²) in [6.45, 7) is 12.2. The first-order valence-electron chi connectivity index (χ1n) is 14.1. The molecule has 4 unspecified atom stereocenters. The average Bonchev–Trinajstić information content (AvgIpc) is 3.10. The van der Waals surface area contributed by atoms with Crippen LogP contribution in [0.4, 0.5) is 0 Å². The molecule has 0 spiro atoms. The second-order valence-electron chi connectivity index (χ2n) is 13.4. The Morgan fingerprint density at radius 1 is 0.971 bits per heavy atom. The van der Waals surface area contributed by atoms with E-state index in [1.54, 1.807) is 0 Å². The van der Waals surface area contributed by atoms with Crippen LogP contribution in [0.2, 0.25) is 0 Å². The molecule has 0 amide bonds. The molecule has 3 fully saturated rings. The number of hydrogen-bond donors (Lipinski definition) is 2. The van der Waals surface area contributed by atoms with Gasteiger partial charge in [-0.15, -0.1) is 0 Å². The Bertz CT molecular complexity index is 801. The second-order valence-corrected chi connectivity index (χ2v) is 13.4. The van der Waals surface area contributed by atoms with Crippen molar-refractivity contribution in [2.45, 2.75) is 105 Å². The summed E-state index contributed by atoms with van der Waals surface area (Å²) in [7, 11) is 0. The van der Waals surface area contributed by atoms with Crippen LogP contribution in [-0.4, -0.2) is 22.2 Å². The van der Waals surface area contributed by atoms with Crippen LogP contribution in [0.25, 0.3) is 0 Å². The number of carbonyl (C=O) groups is 2. The Balaban J connectivity index is 1.49. The summed E-state index contributed by atoms with van der Waals surface area (Å²) in [6.07, 6.45) is 15.3. The maximum absolute atomic E-state index is 11.7. The minimum atomic E-state index is -1.27. The van der Waals surface area contributed by atoms with Gasteiger partial charge < -0.3 is 10.2 Å². The van der Waals surface area contributed by atoms with Crippen molar-refractivity contribution in [3.63, 3.8) is 0 Å². The third-order valence-electron chi connectivity index (χ3n) is 11.3. The molecule has 8 atom stereocenters. The summed E-state index contributed by atoms with van der Waals surface area (Å²) in [5.41, 5.74) is 1.97. The van der Waals surface area contributed by atoms with Gasteiger partial charge in [-0.1, -0.05) is 65.5 Å². The van der Waals surface area contributed by atoms with E-state index < -0.39 is 17.9 Å². The van der Waals surface area contributed by atoms with Crippen molar-refractivity contribution in [3.8, 4) is 0 Å². The van der Waals surface area contributed by atoms with Gasteiger partial charge in [0.25, 0.3) is 0 Å². The van der Waals surface area contributed by atoms with E-state index in [2.05, 4.69) is 40.7 Å². The second kappa shape index (κ2) is 9.62. The van der Waals surface area contributed by atoms with E-state index >= 15 is 0 Å². The first kappa shape index (κ1) is 25.8. The van der Waals surface area contributed by atoms with Crippen LogP contribution in [-0.2, 0) is 9.59 Å². The molecule has 0 aromatic heterocycles. The van der Waals surface area contributed by atoms with Gasteiger partial charge in [-0.25, -0.2) is 0 Å². The predicted molar refractivity (Wildman–Crippen MR) is 135 cm³/mol. The van der Waals surface area contributed by atoms with E-state index in [9.17, 15) is 19.8 Å². The molecule has 0 aromatic rings. The van der Waals surface area contributed by atoms with Crippen molar-refractivity contribution in [2.24, 2.45) is 58.2 Å². The summed E-state index contributed by atoms with van der Waals surface area (Å²) >= 11 is 0. The Kier molecular flexibility index (Phi) is 7.29. The molecular formula is C30H48O4. The lowest BCUT2D eigenvalue weighted by Crippen LogP contribution is -2.51. The largest absolute Gasteiger partial charge is 0.481 e. The molecule has 4 aliphatic carbocycles. The third-order valence-corrected chi connectivity index (χ3v) is 11.3. The molecular weight excluding hydrogens is 424 g/mol. The first-order chi connectivity index (χ1) is 16.0. The van der Waals surface area contributed by atoms with Crippen molar-refractivity contribution in [1.82, 2.24) is 0 Å². The molecule has 192 valence electrons. The number of aliphatic carboxylic acids is 2. The van der Waals surface area contributed by atoms with Crippen molar-refractivity contribution in [1.29, 1.82) is 0 Å². The van der Waals surface area contributed by atoms with Gasteiger partial charge in [0.2, 0.25) is 0 Å². The fourth-order valence-corrected chi connectivity index (χ4v) is 9.51. The summed E-state index contributed by atoms with van der Waals surface area (Å²) < 4.78 is 0. The Labute approximate surface area is 207 Å². The maximum Gasteiger partial charge on any atom is 0.318 e. The molecule has 3 saturated carbocycles. The monoisotopic (exact) mass is 472 g/mol. The van der Waals surface area contributed by atoms with Crippen LogP contribution in [0.3, 0.4) is 0 Å². The molecule has 2 N–H and O–H groups in total. The minimum Gasteiger partial charge on any atom is -0.481 e. The minimum absolute atomic E-state index is 0.128. The fourth-order valence-electron chi connectivity index (χ4n) is 9.51. The van der Waals surface area contributed by atoms with Gasteiger partial charge in [0.1, 0.15) is 0 Å². The zero-order valence-corrected chi connectivity index (χ0v) is 22.2. The van der Waals surface area contributed by atoms with E-state index in [4.69, 9.17) is 0 Å². The Morgan fingerprint density at radius 3 is 2.32 bits per heavy atom. The first-order valence-corrected chi connectivity index (χ1v) is 14.1. The van der Waals surface area contributed by atoms with Crippen LogP contribution in [0.5, 0.6) is 0 Å². The fraction of sp³-hybridized carbons (Fsp3) is 0.867. The quantitative estimate of drug-likeness (QED) is 0.284. The highest BCUT2D eigenvalue weighted by Crippen LogP contribution is 2.67. The summed E-state index contributed by atoms with van der Waals surface area (Å²) in [5.74, 6) is 0.791. The maximum atomic E-state index is 11.7. The smallest absolute Gasteiger partial charge is 0.318 e. The number of fused-ring (bicyclic) bond motifs is 5. The van der Waals surface area contributed by atoms with Gasteiger partial charge in [-0.2, -0.15) is 0 Å². The van der Waals surface area contributed by atoms with Crippen LogP contribution in [0, 0.1) is 58.2 Å². The van der Waals surface area contributed by atoms with E-state index in [1.807, 2.05) is 0 Å². The predicted octanol–water partition coefficient (Wildman–Crippen LogP) is 7.43.